The van der Waals surface area contributed by atoms with Gasteiger partial charge >= 0.3 is 6.03 Å². The number of likely N-dealkylation sites (tertiary alicyclic amines) is 1. The third kappa shape index (κ3) is 4.00. The third-order valence-electron chi connectivity index (χ3n) is 4.14. The number of hydrogen-bond acceptors (Lipinski definition) is 5. The van der Waals surface area contributed by atoms with E-state index in [0.29, 0.717) is 31.9 Å². The van der Waals surface area contributed by atoms with Gasteiger partial charge in [0.15, 0.2) is 5.82 Å². The number of amides is 2. The van der Waals surface area contributed by atoms with Gasteiger partial charge in [-0.2, -0.15) is 10.4 Å². The zero-order valence-corrected chi connectivity index (χ0v) is 14.1. The molecule has 3 rings (SSSR count). The molecule has 0 spiro atoms. The standard InChI is InChI=1S/C17H21N5O3/c1-24-12-13-5-6-15(25-13)14-4-2-10-22(14)17(23)19-16-7-11-21(20-16)9-3-8-18/h5-7,11,14H,2-4,9-10,12H2,1H3,(H,19,20,23). The van der Waals surface area contributed by atoms with Crippen molar-refractivity contribution < 1.29 is 13.9 Å². The molecule has 2 amide bonds. The van der Waals surface area contributed by atoms with Crippen molar-refractivity contribution in [2.75, 3.05) is 19.0 Å². The highest BCUT2D eigenvalue weighted by Crippen LogP contribution is 2.33. The molecule has 1 N–H and O–H groups in total. The molecule has 1 aliphatic heterocycles. The van der Waals surface area contributed by atoms with Crippen LogP contribution in [0.4, 0.5) is 10.6 Å². The molecule has 2 aromatic rings. The molecule has 0 aliphatic carbocycles. The maximum absolute atomic E-state index is 12.6. The van der Waals surface area contributed by atoms with Crippen molar-refractivity contribution >= 4 is 11.8 Å². The Bertz CT molecular complexity index is 760. The zero-order valence-electron chi connectivity index (χ0n) is 14.1. The van der Waals surface area contributed by atoms with Gasteiger partial charge in [-0.15, -0.1) is 0 Å². The maximum atomic E-state index is 12.6. The van der Waals surface area contributed by atoms with Crippen molar-refractivity contribution in [2.24, 2.45) is 0 Å². The lowest BCUT2D eigenvalue weighted by Gasteiger charge is -2.23. The first-order valence-electron chi connectivity index (χ1n) is 8.27. The molecule has 0 aromatic carbocycles. The Kier molecular flexibility index (Phi) is 5.36. The summed E-state index contributed by atoms with van der Waals surface area (Å²) >= 11 is 0. The Morgan fingerprint density at radius 3 is 3.20 bits per heavy atom. The molecule has 1 saturated heterocycles. The molecule has 1 atom stereocenters. The number of nitrogens with one attached hydrogen (secondary N) is 1. The van der Waals surface area contributed by atoms with E-state index in [0.717, 1.165) is 24.4 Å². The number of rotatable bonds is 6. The Hall–Kier alpha value is -2.79. The SMILES string of the molecule is COCc1ccc(C2CCCN2C(=O)Nc2ccn(CCC#N)n2)o1. The number of aromatic nitrogens is 2. The fraction of sp³-hybridized carbons (Fsp3) is 0.471. The lowest BCUT2D eigenvalue weighted by molar-refractivity contribution is 0.157. The van der Waals surface area contributed by atoms with Crippen molar-refractivity contribution in [3.8, 4) is 6.07 Å². The number of nitriles is 1. The molecule has 1 fully saturated rings. The Balaban J connectivity index is 1.64. The van der Waals surface area contributed by atoms with Gasteiger partial charge in [0.05, 0.1) is 25.1 Å². The van der Waals surface area contributed by atoms with Gasteiger partial charge < -0.3 is 14.1 Å². The molecule has 8 heteroatoms. The van der Waals surface area contributed by atoms with E-state index in [-0.39, 0.29) is 12.1 Å². The lowest BCUT2D eigenvalue weighted by Crippen LogP contribution is -2.34. The first kappa shape index (κ1) is 17.0. The van der Waals surface area contributed by atoms with Gasteiger partial charge in [0.1, 0.15) is 18.1 Å². The fourth-order valence-electron chi connectivity index (χ4n) is 3.00. The predicted octanol–water partition coefficient (Wildman–Crippen LogP) is 2.91. The molecule has 25 heavy (non-hydrogen) atoms. The molecule has 132 valence electrons. The zero-order chi connectivity index (χ0) is 17.6. The van der Waals surface area contributed by atoms with E-state index in [1.807, 2.05) is 12.1 Å². The minimum Gasteiger partial charge on any atom is -0.461 e. The van der Waals surface area contributed by atoms with E-state index < -0.39 is 0 Å². The number of ether oxygens (including phenoxy) is 1. The number of furan rings is 1. The van der Waals surface area contributed by atoms with Gasteiger partial charge in [-0.3, -0.25) is 10.00 Å². The highest BCUT2D eigenvalue weighted by molar-refractivity contribution is 5.88. The summed E-state index contributed by atoms with van der Waals surface area (Å²) in [5.41, 5.74) is 0. The molecule has 1 aliphatic rings. The average Bonchev–Trinajstić information content (AvgIpc) is 3.33. The second-order valence-corrected chi connectivity index (χ2v) is 5.89. The van der Waals surface area contributed by atoms with Gasteiger partial charge in [0.2, 0.25) is 0 Å². The van der Waals surface area contributed by atoms with E-state index in [9.17, 15) is 4.79 Å². The van der Waals surface area contributed by atoms with E-state index in [4.69, 9.17) is 14.4 Å². The largest absolute Gasteiger partial charge is 0.461 e. The van der Waals surface area contributed by atoms with Crippen LogP contribution in [0.2, 0.25) is 0 Å². The van der Waals surface area contributed by atoms with Gasteiger partial charge in [-0.05, 0) is 25.0 Å². The molecule has 3 heterocycles. The molecule has 2 aromatic heterocycles. The average molecular weight is 343 g/mol. The first-order chi connectivity index (χ1) is 12.2. The summed E-state index contributed by atoms with van der Waals surface area (Å²) in [6, 6.07) is 7.31. The number of nitrogens with zero attached hydrogens (tertiary/aromatic N) is 4. The highest BCUT2D eigenvalue weighted by atomic mass is 16.5. The third-order valence-corrected chi connectivity index (χ3v) is 4.14. The van der Waals surface area contributed by atoms with Crippen LogP contribution in [0.1, 0.15) is 36.8 Å². The normalized spacial score (nSPS) is 16.8. The van der Waals surface area contributed by atoms with Gasteiger partial charge in [-0.25, -0.2) is 4.79 Å². The predicted molar refractivity (Wildman–Crippen MR) is 89.6 cm³/mol. The van der Waals surface area contributed by atoms with E-state index in [1.54, 1.807) is 29.0 Å². The lowest BCUT2D eigenvalue weighted by atomic mass is 10.2. The molecule has 0 radical (unpaired) electrons. The number of aryl methyl sites for hydroxylation is 1. The summed E-state index contributed by atoms with van der Waals surface area (Å²) in [5, 5.41) is 15.7. The molecular weight excluding hydrogens is 322 g/mol. The fourth-order valence-corrected chi connectivity index (χ4v) is 3.00. The van der Waals surface area contributed by atoms with Crippen molar-refractivity contribution in [1.29, 1.82) is 5.26 Å². The number of methoxy groups -OCH3 is 1. The monoisotopic (exact) mass is 343 g/mol. The van der Waals surface area contributed by atoms with Gasteiger partial charge in [0.25, 0.3) is 0 Å². The number of carbonyl (C=O) groups excluding carboxylic acids is 1. The van der Waals surface area contributed by atoms with Crippen molar-refractivity contribution in [1.82, 2.24) is 14.7 Å². The van der Waals surface area contributed by atoms with Crippen LogP contribution in [-0.2, 0) is 17.9 Å². The molecule has 8 nitrogen and oxygen atoms in total. The summed E-state index contributed by atoms with van der Waals surface area (Å²) in [6.45, 7) is 1.60. The second kappa shape index (κ2) is 7.85. The quantitative estimate of drug-likeness (QED) is 0.870. The van der Waals surface area contributed by atoms with Crippen LogP contribution < -0.4 is 5.32 Å². The summed E-state index contributed by atoms with van der Waals surface area (Å²) in [6.07, 6.45) is 3.92. The highest BCUT2D eigenvalue weighted by Gasteiger charge is 2.32. The van der Waals surface area contributed by atoms with E-state index in [1.165, 1.54) is 0 Å². The molecular formula is C17H21N5O3. The summed E-state index contributed by atoms with van der Waals surface area (Å²) < 4.78 is 12.5. The van der Waals surface area contributed by atoms with E-state index in [2.05, 4.69) is 16.5 Å². The number of carbonyl (C=O) groups is 1. The minimum absolute atomic E-state index is 0.0775. The maximum Gasteiger partial charge on any atom is 0.323 e. The van der Waals surface area contributed by atoms with Crippen LogP contribution in [0, 0.1) is 11.3 Å². The molecule has 1 unspecified atom stereocenters. The Morgan fingerprint density at radius 1 is 1.52 bits per heavy atom. The number of hydrogen-bond donors (Lipinski definition) is 1. The van der Waals surface area contributed by atoms with Crippen LogP contribution in [0.3, 0.4) is 0 Å². The Morgan fingerprint density at radius 2 is 2.40 bits per heavy atom. The Labute approximate surface area is 146 Å². The second-order valence-electron chi connectivity index (χ2n) is 5.89. The van der Waals surface area contributed by atoms with Crippen molar-refractivity contribution in [3.05, 3.63) is 35.9 Å². The summed E-state index contributed by atoms with van der Waals surface area (Å²) in [4.78, 5) is 14.4. The summed E-state index contributed by atoms with van der Waals surface area (Å²) in [5.74, 6) is 2.01. The van der Waals surface area contributed by atoms with Crippen LogP contribution in [0.5, 0.6) is 0 Å². The van der Waals surface area contributed by atoms with Crippen molar-refractivity contribution in [3.63, 3.8) is 0 Å². The smallest absolute Gasteiger partial charge is 0.323 e. The van der Waals surface area contributed by atoms with Crippen LogP contribution in [-0.4, -0.2) is 34.4 Å². The number of anilines is 1. The van der Waals surface area contributed by atoms with Crippen LogP contribution in [0.15, 0.2) is 28.8 Å². The first-order valence-corrected chi connectivity index (χ1v) is 8.27. The van der Waals surface area contributed by atoms with Crippen LogP contribution in [0.25, 0.3) is 0 Å². The minimum atomic E-state index is -0.197. The number of urea groups is 1. The topological polar surface area (TPSA) is 96.3 Å². The van der Waals surface area contributed by atoms with Crippen molar-refractivity contribution in [2.45, 2.75) is 38.5 Å². The van der Waals surface area contributed by atoms with Gasteiger partial charge in [0, 0.05) is 25.9 Å². The van der Waals surface area contributed by atoms with Crippen LogP contribution >= 0.6 is 0 Å². The summed E-state index contributed by atoms with van der Waals surface area (Å²) in [7, 11) is 1.62. The molecule has 0 saturated carbocycles. The van der Waals surface area contributed by atoms with Gasteiger partial charge in [-0.1, -0.05) is 0 Å². The molecule has 0 bridgehead atoms. The van der Waals surface area contributed by atoms with E-state index >= 15 is 0 Å².